The Labute approximate surface area is 260 Å². The molecule has 0 unspecified atom stereocenters. The van der Waals surface area contributed by atoms with Crippen LogP contribution in [-0.2, 0) is 32.2 Å². The molecular weight excluding hydrogens is 578 g/mol. The van der Waals surface area contributed by atoms with Crippen molar-refractivity contribution < 1.29 is 29.3 Å². The lowest BCUT2D eigenvalue weighted by Gasteiger charge is -2.36. The van der Waals surface area contributed by atoms with Crippen molar-refractivity contribution in [1.82, 2.24) is 15.3 Å². The molecule has 1 aliphatic rings. The lowest BCUT2D eigenvalue weighted by molar-refractivity contribution is -0.245. The van der Waals surface area contributed by atoms with Crippen LogP contribution in [0.4, 0.5) is 0 Å². The summed E-state index contributed by atoms with van der Waals surface area (Å²) in [6, 6.07) is 25.7. The number of aromatic nitrogens is 2. The molecular formula is C34H35N3O6S. The van der Waals surface area contributed by atoms with Crippen molar-refractivity contribution in [2.24, 2.45) is 0 Å². The number of thioether (sulfide) groups is 1. The summed E-state index contributed by atoms with van der Waals surface area (Å²) in [5.41, 5.74) is 5.77. The molecule has 3 N–H and O–H groups in total. The number of carbonyl (C=O) groups is 2. The van der Waals surface area contributed by atoms with Crippen LogP contribution in [0.5, 0.6) is 0 Å². The molecule has 44 heavy (non-hydrogen) atoms. The number of hydrogen-bond acceptors (Lipinski definition) is 8. The zero-order valence-corrected chi connectivity index (χ0v) is 25.0. The molecule has 0 spiro atoms. The first kappa shape index (κ1) is 31.3. The van der Waals surface area contributed by atoms with E-state index in [0.717, 1.165) is 33.4 Å². The van der Waals surface area contributed by atoms with E-state index >= 15 is 0 Å². The molecule has 0 saturated carbocycles. The van der Waals surface area contributed by atoms with Crippen LogP contribution in [0.2, 0.25) is 0 Å². The number of carboxylic acid groups (broad SMARTS) is 1. The van der Waals surface area contributed by atoms with Crippen molar-refractivity contribution >= 4 is 23.6 Å². The van der Waals surface area contributed by atoms with E-state index in [1.165, 1.54) is 0 Å². The van der Waals surface area contributed by atoms with Crippen LogP contribution in [0.3, 0.4) is 0 Å². The molecule has 3 aromatic carbocycles. The minimum atomic E-state index is -0.900. The normalized spacial score (nSPS) is 18.1. The Hall–Kier alpha value is -4.09. The van der Waals surface area contributed by atoms with E-state index in [1.54, 1.807) is 30.2 Å². The van der Waals surface area contributed by atoms with Gasteiger partial charge in [0.05, 0.1) is 18.8 Å². The standard InChI is InChI=1S/C34H35N3O6S/c38-21-23-8-10-26(11-9-23)30-19-29(22-44-34-35-16-3-17-36-34)42-33(43-30)27-14-12-25(13-15-27)28-5-1-4-24(18-28)20-37-31(39)6-2-7-32(40)41/h1,3-5,8-18,29-30,33,38H,2,6-7,19-22H2,(H,37,39)(H,40,41)/t29-,30+,33+/m1/s1. The smallest absolute Gasteiger partial charge is 0.303 e. The second-order valence-corrected chi connectivity index (χ2v) is 11.5. The van der Waals surface area contributed by atoms with Crippen LogP contribution >= 0.6 is 11.8 Å². The van der Waals surface area contributed by atoms with Crippen LogP contribution in [0, 0.1) is 0 Å². The third kappa shape index (κ3) is 8.96. The zero-order chi connectivity index (χ0) is 30.7. The molecule has 1 amide bonds. The third-order valence-corrected chi connectivity index (χ3v) is 8.29. The largest absolute Gasteiger partial charge is 0.481 e. The maximum absolute atomic E-state index is 12.1. The summed E-state index contributed by atoms with van der Waals surface area (Å²) in [7, 11) is 0. The Balaban J connectivity index is 1.26. The lowest BCUT2D eigenvalue weighted by atomic mass is 9.99. The predicted molar refractivity (Wildman–Crippen MR) is 166 cm³/mol. The number of benzene rings is 3. The van der Waals surface area contributed by atoms with Crippen LogP contribution < -0.4 is 5.32 Å². The summed E-state index contributed by atoms with van der Waals surface area (Å²) in [6.45, 7) is 0.363. The second kappa shape index (κ2) is 15.6. The second-order valence-electron chi connectivity index (χ2n) is 10.5. The summed E-state index contributed by atoms with van der Waals surface area (Å²) in [4.78, 5) is 31.4. The molecule has 0 radical (unpaired) electrons. The Bertz CT molecular complexity index is 1520. The summed E-state index contributed by atoms with van der Waals surface area (Å²) in [5, 5.41) is 21.8. The molecule has 9 nitrogen and oxygen atoms in total. The van der Waals surface area contributed by atoms with Gasteiger partial charge in [-0.15, -0.1) is 0 Å². The molecule has 1 fully saturated rings. The van der Waals surface area contributed by atoms with E-state index in [0.29, 0.717) is 30.3 Å². The Morgan fingerprint density at radius 2 is 1.61 bits per heavy atom. The predicted octanol–water partition coefficient (Wildman–Crippen LogP) is 5.84. The average molecular weight is 614 g/mol. The molecule has 1 saturated heterocycles. The first-order chi connectivity index (χ1) is 21.5. The van der Waals surface area contributed by atoms with Gasteiger partial charge in [0.2, 0.25) is 5.91 Å². The quantitative estimate of drug-likeness (QED) is 0.126. The van der Waals surface area contributed by atoms with Crippen molar-refractivity contribution in [3.05, 3.63) is 114 Å². The monoisotopic (exact) mass is 613 g/mol. The number of hydrogen-bond donors (Lipinski definition) is 3. The van der Waals surface area contributed by atoms with Gasteiger partial charge in [-0.1, -0.05) is 78.5 Å². The Kier molecular flexibility index (Phi) is 11.1. The molecule has 1 aliphatic heterocycles. The Morgan fingerprint density at radius 1 is 0.864 bits per heavy atom. The third-order valence-electron chi connectivity index (χ3n) is 7.28. The highest BCUT2D eigenvalue weighted by Gasteiger charge is 2.32. The maximum atomic E-state index is 12.1. The number of rotatable bonds is 13. The van der Waals surface area contributed by atoms with E-state index in [9.17, 15) is 14.7 Å². The fourth-order valence-electron chi connectivity index (χ4n) is 4.93. The number of nitrogens with one attached hydrogen (secondary N) is 1. The van der Waals surface area contributed by atoms with Crippen molar-refractivity contribution in [1.29, 1.82) is 0 Å². The molecule has 10 heteroatoms. The fourth-order valence-corrected chi connectivity index (χ4v) is 5.75. The molecule has 4 aromatic rings. The van der Waals surface area contributed by atoms with Crippen molar-refractivity contribution in [2.45, 2.75) is 62.5 Å². The minimum absolute atomic E-state index is 0.00757. The fraction of sp³-hybridized carbons (Fsp3) is 0.294. The van der Waals surface area contributed by atoms with Gasteiger partial charge in [-0.3, -0.25) is 9.59 Å². The SMILES string of the molecule is O=C(O)CCCC(=O)NCc1cccc(-c2ccc([C@H]3O[C@@H](CSc4ncccn4)C[C@@H](c4ccc(CO)cc4)O3)cc2)c1. The van der Waals surface area contributed by atoms with E-state index in [1.807, 2.05) is 72.8 Å². The minimum Gasteiger partial charge on any atom is -0.481 e. The Morgan fingerprint density at radius 3 is 2.34 bits per heavy atom. The average Bonchev–Trinajstić information content (AvgIpc) is 3.07. The first-order valence-corrected chi connectivity index (χ1v) is 15.5. The highest BCUT2D eigenvalue weighted by Crippen LogP contribution is 2.39. The van der Waals surface area contributed by atoms with Gasteiger partial charge in [0.1, 0.15) is 0 Å². The maximum Gasteiger partial charge on any atom is 0.303 e. The number of amides is 1. The number of nitrogens with zero attached hydrogens (tertiary/aromatic N) is 2. The number of aliphatic hydroxyl groups excluding tert-OH is 1. The molecule has 228 valence electrons. The van der Waals surface area contributed by atoms with Crippen LogP contribution in [0.25, 0.3) is 11.1 Å². The number of ether oxygens (including phenoxy) is 2. The summed E-state index contributed by atoms with van der Waals surface area (Å²) >= 11 is 1.55. The van der Waals surface area contributed by atoms with E-state index in [2.05, 4.69) is 15.3 Å². The number of aliphatic carboxylic acids is 1. The number of aliphatic hydroxyl groups is 1. The van der Waals surface area contributed by atoms with Crippen molar-refractivity contribution in [2.75, 3.05) is 5.75 Å². The summed E-state index contributed by atoms with van der Waals surface area (Å²) in [5.74, 6) is -0.386. The van der Waals surface area contributed by atoms with Crippen LogP contribution in [0.15, 0.2) is 96.4 Å². The van der Waals surface area contributed by atoms with Crippen LogP contribution in [-0.4, -0.2) is 43.9 Å². The highest BCUT2D eigenvalue weighted by molar-refractivity contribution is 7.99. The van der Waals surface area contributed by atoms with Gasteiger partial charge >= 0.3 is 5.97 Å². The highest BCUT2D eigenvalue weighted by atomic mass is 32.2. The van der Waals surface area contributed by atoms with Gasteiger partial charge in [-0.25, -0.2) is 9.97 Å². The molecule has 5 rings (SSSR count). The van der Waals surface area contributed by atoms with Gasteiger partial charge in [0.25, 0.3) is 0 Å². The van der Waals surface area contributed by atoms with Crippen LogP contribution in [0.1, 0.15) is 60.3 Å². The first-order valence-electron chi connectivity index (χ1n) is 14.5. The van der Waals surface area contributed by atoms with E-state index in [4.69, 9.17) is 14.6 Å². The van der Waals surface area contributed by atoms with Crippen molar-refractivity contribution in [3.8, 4) is 11.1 Å². The lowest BCUT2D eigenvalue weighted by Crippen LogP contribution is -2.31. The van der Waals surface area contributed by atoms with Gasteiger partial charge in [0.15, 0.2) is 11.4 Å². The van der Waals surface area contributed by atoms with Gasteiger partial charge in [-0.2, -0.15) is 0 Å². The molecule has 2 heterocycles. The van der Waals surface area contributed by atoms with E-state index < -0.39 is 12.3 Å². The topological polar surface area (TPSA) is 131 Å². The summed E-state index contributed by atoms with van der Waals surface area (Å²) < 4.78 is 12.9. The zero-order valence-electron chi connectivity index (χ0n) is 24.2. The van der Waals surface area contributed by atoms with E-state index in [-0.39, 0.29) is 37.6 Å². The molecule has 0 bridgehead atoms. The van der Waals surface area contributed by atoms with Gasteiger partial charge in [0, 0.05) is 49.5 Å². The molecule has 3 atom stereocenters. The molecule has 0 aliphatic carbocycles. The van der Waals surface area contributed by atoms with Gasteiger partial charge < -0.3 is 25.0 Å². The number of carbonyl (C=O) groups excluding carboxylic acids is 1. The number of carboxylic acids is 1. The van der Waals surface area contributed by atoms with Gasteiger partial charge in [-0.05, 0) is 46.4 Å². The van der Waals surface area contributed by atoms with Crippen molar-refractivity contribution in [3.63, 3.8) is 0 Å². The molecule has 1 aromatic heterocycles. The summed E-state index contributed by atoms with van der Waals surface area (Å²) in [6.07, 6.45) is 3.78.